The minimum Gasteiger partial charge on any atom is -0.493 e. The van der Waals surface area contributed by atoms with Crippen molar-refractivity contribution >= 4 is 27.6 Å². The van der Waals surface area contributed by atoms with E-state index in [0.29, 0.717) is 43.8 Å². The molecule has 0 unspecified atom stereocenters. The van der Waals surface area contributed by atoms with Gasteiger partial charge in [-0.3, -0.25) is 4.68 Å². The first-order valence-electron chi connectivity index (χ1n) is 14.8. The molecule has 0 saturated heterocycles. The van der Waals surface area contributed by atoms with Gasteiger partial charge in [-0.05, 0) is 75.2 Å². The van der Waals surface area contributed by atoms with Crippen LogP contribution in [0.5, 0.6) is 5.75 Å². The molecule has 1 N–H and O–H groups in total. The monoisotopic (exact) mass is 568 g/mol. The number of aryl methyl sites for hydroxylation is 3. The van der Waals surface area contributed by atoms with Crippen molar-refractivity contribution in [2.24, 2.45) is 7.05 Å². The van der Waals surface area contributed by atoms with E-state index in [2.05, 4.69) is 23.5 Å². The van der Waals surface area contributed by atoms with Crippen molar-refractivity contribution < 1.29 is 18.7 Å². The third-order valence-electron chi connectivity index (χ3n) is 8.26. The summed E-state index contributed by atoms with van der Waals surface area (Å²) in [7, 11) is 1.89. The average Bonchev–Trinajstić information content (AvgIpc) is 3.44. The van der Waals surface area contributed by atoms with Gasteiger partial charge in [0, 0.05) is 47.7 Å². The second-order valence-electron chi connectivity index (χ2n) is 10.9. The van der Waals surface area contributed by atoms with Gasteiger partial charge >= 0.3 is 5.97 Å². The van der Waals surface area contributed by atoms with E-state index < -0.39 is 0 Å². The van der Waals surface area contributed by atoms with Crippen LogP contribution in [0.4, 0.5) is 4.39 Å². The highest BCUT2D eigenvalue weighted by atomic mass is 19.1. The number of ether oxygens (including phenoxy) is 2. The van der Waals surface area contributed by atoms with Crippen LogP contribution >= 0.6 is 0 Å². The number of carbonyl (C=O) groups is 1. The summed E-state index contributed by atoms with van der Waals surface area (Å²) in [4.78, 5) is 13.6. The van der Waals surface area contributed by atoms with Crippen molar-refractivity contribution in [3.8, 4) is 16.9 Å². The van der Waals surface area contributed by atoms with Crippen LogP contribution in [0.25, 0.3) is 32.8 Å². The van der Waals surface area contributed by atoms with Crippen molar-refractivity contribution in [2.45, 2.75) is 52.6 Å². The zero-order chi connectivity index (χ0) is 29.2. The molecular weight excluding hydrogens is 531 g/mol. The maximum atomic E-state index is 16.0. The summed E-state index contributed by atoms with van der Waals surface area (Å²) in [6, 6.07) is 17.6. The molecule has 42 heavy (non-hydrogen) atoms. The fourth-order valence-electron chi connectivity index (χ4n) is 6.24. The van der Waals surface area contributed by atoms with Gasteiger partial charge in [0.05, 0.1) is 24.4 Å². The minimum absolute atomic E-state index is 0.265. The van der Waals surface area contributed by atoms with Crippen LogP contribution in [0.2, 0.25) is 0 Å². The van der Waals surface area contributed by atoms with Gasteiger partial charge in [-0.1, -0.05) is 36.4 Å². The molecular formula is C34H37FN4O3. The Morgan fingerprint density at radius 1 is 1.05 bits per heavy atom. The van der Waals surface area contributed by atoms with Gasteiger partial charge in [0.2, 0.25) is 0 Å². The molecule has 0 saturated carbocycles. The number of nitrogens with zero attached hydrogens (tertiary/aromatic N) is 3. The molecule has 218 valence electrons. The smallest absolute Gasteiger partial charge is 0.355 e. The number of carbonyl (C=O) groups excluding carboxylic acids is 1. The Balaban J connectivity index is 1.45. The van der Waals surface area contributed by atoms with Gasteiger partial charge < -0.3 is 19.4 Å². The fourth-order valence-corrected chi connectivity index (χ4v) is 6.24. The van der Waals surface area contributed by atoms with Crippen LogP contribution in [0.1, 0.15) is 53.6 Å². The number of benzene rings is 3. The number of esters is 1. The zero-order valence-electron chi connectivity index (χ0n) is 24.5. The molecule has 2 aromatic heterocycles. The minimum atomic E-state index is -0.374. The van der Waals surface area contributed by atoms with Crippen molar-refractivity contribution in [3.63, 3.8) is 0 Å². The summed E-state index contributed by atoms with van der Waals surface area (Å²) in [6.45, 7) is 6.48. The highest BCUT2D eigenvalue weighted by Crippen LogP contribution is 2.40. The Hall–Kier alpha value is -4.17. The first-order chi connectivity index (χ1) is 20.5. The third kappa shape index (κ3) is 5.04. The molecule has 0 bridgehead atoms. The SMILES string of the molecule is CCOC(=O)c1c(CCCOc2cccc3ccccc23)c2ccc(F)c3c2n1CCCCNCc1nn(C)c(C)c1-3. The molecule has 1 aliphatic heterocycles. The second-order valence-corrected chi connectivity index (χ2v) is 10.9. The van der Waals surface area contributed by atoms with Gasteiger partial charge in [-0.25, -0.2) is 9.18 Å². The normalized spacial score (nSPS) is 13.6. The zero-order valence-corrected chi connectivity index (χ0v) is 24.5. The lowest BCUT2D eigenvalue weighted by Gasteiger charge is -2.14. The van der Waals surface area contributed by atoms with E-state index in [4.69, 9.17) is 14.6 Å². The van der Waals surface area contributed by atoms with Crippen LogP contribution < -0.4 is 10.1 Å². The maximum absolute atomic E-state index is 16.0. The predicted octanol–water partition coefficient (Wildman–Crippen LogP) is 6.71. The fraction of sp³-hybridized carbons (Fsp3) is 0.353. The Morgan fingerprint density at radius 2 is 1.88 bits per heavy atom. The Kier molecular flexibility index (Phi) is 7.98. The van der Waals surface area contributed by atoms with E-state index in [1.54, 1.807) is 0 Å². The molecule has 5 aromatic rings. The number of hydrogen-bond donors (Lipinski definition) is 1. The number of rotatable bonds is 7. The topological polar surface area (TPSA) is 70.3 Å². The standard InChI is InChI=1S/C34H37FN4O3/c1-4-41-34(40)33-25(14-10-20-42-29-15-9-12-23-11-5-6-13-24(23)29)26-16-17-27(35)31-30-22(2)38(3)37-28(30)21-36-18-7-8-19-39(33)32(26)31/h5-6,9,11-13,15-17,36H,4,7-8,10,14,18-21H2,1-3H3. The molecule has 8 heteroatoms. The maximum Gasteiger partial charge on any atom is 0.355 e. The van der Waals surface area contributed by atoms with Crippen molar-refractivity contribution in [3.05, 3.63) is 83.1 Å². The molecule has 0 aliphatic carbocycles. The first kappa shape index (κ1) is 28.0. The molecule has 0 radical (unpaired) electrons. The largest absolute Gasteiger partial charge is 0.493 e. The highest BCUT2D eigenvalue weighted by molar-refractivity contribution is 6.05. The van der Waals surface area contributed by atoms with Crippen molar-refractivity contribution in [1.82, 2.24) is 19.7 Å². The molecule has 3 heterocycles. The Labute approximate surface area is 245 Å². The molecule has 7 nitrogen and oxygen atoms in total. The molecule has 0 amide bonds. The van der Waals surface area contributed by atoms with E-state index >= 15 is 4.39 Å². The summed E-state index contributed by atoms with van der Waals surface area (Å²) >= 11 is 0. The molecule has 0 fully saturated rings. The number of halogens is 1. The first-order valence-corrected chi connectivity index (χ1v) is 14.8. The van der Waals surface area contributed by atoms with E-state index in [-0.39, 0.29) is 18.4 Å². The van der Waals surface area contributed by atoms with Crippen LogP contribution in [0, 0.1) is 12.7 Å². The number of aromatic nitrogens is 3. The summed E-state index contributed by atoms with van der Waals surface area (Å²) in [5.41, 5.74) is 5.10. The molecule has 0 spiro atoms. The molecule has 1 aliphatic rings. The molecule has 3 aromatic carbocycles. The van der Waals surface area contributed by atoms with E-state index in [9.17, 15) is 4.79 Å². The Bertz CT molecular complexity index is 1770. The molecule has 0 atom stereocenters. The van der Waals surface area contributed by atoms with Gasteiger partial charge in [0.15, 0.2) is 0 Å². The number of hydrogen-bond acceptors (Lipinski definition) is 5. The van der Waals surface area contributed by atoms with Crippen molar-refractivity contribution in [1.29, 1.82) is 0 Å². The van der Waals surface area contributed by atoms with E-state index in [0.717, 1.165) is 69.3 Å². The predicted molar refractivity (Wildman–Crippen MR) is 163 cm³/mol. The Morgan fingerprint density at radius 3 is 2.74 bits per heavy atom. The van der Waals surface area contributed by atoms with E-state index in [1.807, 2.05) is 60.5 Å². The van der Waals surface area contributed by atoms with Gasteiger partial charge in [0.1, 0.15) is 17.3 Å². The third-order valence-corrected chi connectivity index (χ3v) is 8.26. The van der Waals surface area contributed by atoms with E-state index in [1.165, 1.54) is 6.07 Å². The van der Waals surface area contributed by atoms with Crippen LogP contribution in [-0.4, -0.2) is 40.1 Å². The van der Waals surface area contributed by atoms with Crippen LogP contribution in [0.3, 0.4) is 0 Å². The lowest BCUT2D eigenvalue weighted by molar-refractivity contribution is 0.0512. The summed E-state index contributed by atoms with van der Waals surface area (Å²) in [5, 5.41) is 11.3. The lowest BCUT2D eigenvalue weighted by atomic mass is 9.97. The van der Waals surface area contributed by atoms with Crippen LogP contribution in [0.15, 0.2) is 54.6 Å². The quantitative estimate of drug-likeness (QED) is 0.175. The average molecular weight is 569 g/mol. The van der Waals surface area contributed by atoms with Gasteiger partial charge in [0.25, 0.3) is 0 Å². The summed E-state index contributed by atoms with van der Waals surface area (Å²) < 4.78 is 31.6. The van der Waals surface area contributed by atoms with Crippen LogP contribution in [-0.2, 0) is 31.3 Å². The number of fused-ring (bicyclic) bond motifs is 3. The lowest BCUT2D eigenvalue weighted by Crippen LogP contribution is -2.17. The van der Waals surface area contributed by atoms with Gasteiger partial charge in [-0.2, -0.15) is 5.10 Å². The second kappa shape index (κ2) is 12.0. The summed E-state index contributed by atoms with van der Waals surface area (Å²) in [5.74, 6) is 0.147. The highest BCUT2D eigenvalue weighted by Gasteiger charge is 2.29. The van der Waals surface area contributed by atoms with Gasteiger partial charge in [-0.15, -0.1) is 0 Å². The molecule has 6 rings (SSSR count). The number of nitrogens with one attached hydrogen (secondary N) is 1. The van der Waals surface area contributed by atoms with Crippen molar-refractivity contribution in [2.75, 3.05) is 19.8 Å². The summed E-state index contributed by atoms with van der Waals surface area (Å²) in [6.07, 6.45) is 3.03.